The third-order valence-electron chi connectivity index (χ3n) is 5.00. The minimum absolute atomic E-state index is 0.0234. The van der Waals surface area contributed by atoms with Gasteiger partial charge in [0, 0.05) is 34.7 Å². The van der Waals surface area contributed by atoms with Gasteiger partial charge < -0.3 is 10.2 Å². The van der Waals surface area contributed by atoms with Crippen LogP contribution in [0.5, 0.6) is 0 Å². The van der Waals surface area contributed by atoms with Crippen molar-refractivity contribution in [3.05, 3.63) is 64.7 Å². The lowest BCUT2D eigenvalue weighted by molar-refractivity contribution is -0.140. The molecule has 0 unspecified atom stereocenters. The van der Waals surface area contributed by atoms with Crippen LogP contribution < -0.4 is 5.32 Å². The van der Waals surface area contributed by atoms with E-state index < -0.39 is 6.04 Å². The number of nitrogens with zero attached hydrogens (tertiary/aromatic N) is 1. The third-order valence-corrected chi connectivity index (χ3v) is 6.27. The molecule has 0 heterocycles. The highest BCUT2D eigenvalue weighted by molar-refractivity contribution is 7.99. The molecule has 0 fully saturated rings. The smallest absolute Gasteiger partial charge is 0.242 e. The number of carbonyl (C=O) groups excluding carboxylic acids is 2. The first-order valence-corrected chi connectivity index (χ1v) is 11.7. The zero-order valence-corrected chi connectivity index (χ0v) is 19.7. The molecule has 0 radical (unpaired) electrons. The lowest BCUT2D eigenvalue weighted by Gasteiger charge is -2.30. The van der Waals surface area contributed by atoms with Gasteiger partial charge in [0.15, 0.2) is 0 Å². The average Bonchev–Trinajstić information content (AvgIpc) is 2.72. The van der Waals surface area contributed by atoms with Gasteiger partial charge >= 0.3 is 0 Å². The minimum atomic E-state index is -0.535. The summed E-state index contributed by atoms with van der Waals surface area (Å²) in [7, 11) is 0. The van der Waals surface area contributed by atoms with Crippen LogP contribution in [-0.4, -0.2) is 34.6 Å². The molecule has 1 N–H and O–H groups in total. The number of benzene rings is 2. The largest absolute Gasteiger partial charge is 0.352 e. The van der Waals surface area contributed by atoms with E-state index in [9.17, 15) is 9.59 Å². The molecule has 6 heteroatoms. The number of thioether (sulfide) groups is 1. The van der Waals surface area contributed by atoms with E-state index in [0.717, 1.165) is 22.4 Å². The maximum absolute atomic E-state index is 13.1. The van der Waals surface area contributed by atoms with E-state index in [0.29, 0.717) is 23.7 Å². The number of amides is 2. The molecule has 162 valence electrons. The van der Waals surface area contributed by atoms with Gasteiger partial charge in [-0.3, -0.25) is 9.59 Å². The number of rotatable bonds is 10. The van der Waals surface area contributed by atoms with Crippen LogP contribution in [0.4, 0.5) is 0 Å². The molecule has 2 amide bonds. The van der Waals surface area contributed by atoms with Crippen molar-refractivity contribution in [3.63, 3.8) is 0 Å². The first-order valence-electron chi connectivity index (χ1n) is 10.3. The van der Waals surface area contributed by atoms with Crippen LogP contribution in [0.2, 0.25) is 5.02 Å². The van der Waals surface area contributed by atoms with Crippen LogP contribution >= 0.6 is 23.4 Å². The van der Waals surface area contributed by atoms with Crippen molar-refractivity contribution in [2.24, 2.45) is 0 Å². The standard InChI is InChI=1S/C24H31ClN2O2S/c1-5-18(3)26-24(29)19(4)27(16-20-8-6-7-17(2)15-20)23(28)13-14-30-22-11-9-21(25)10-12-22/h6-12,15,18-19H,5,13-14,16H2,1-4H3,(H,26,29)/t18-,19+/m1/s1. The molecule has 0 aliphatic carbocycles. The maximum atomic E-state index is 13.1. The Kier molecular flexibility index (Phi) is 9.73. The minimum Gasteiger partial charge on any atom is -0.352 e. The van der Waals surface area contributed by atoms with E-state index in [2.05, 4.69) is 11.4 Å². The predicted octanol–water partition coefficient (Wildman–Crippen LogP) is 5.46. The molecule has 0 saturated carbocycles. The van der Waals surface area contributed by atoms with Gasteiger partial charge in [0.1, 0.15) is 6.04 Å². The Balaban J connectivity index is 2.07. The van der Waals surface area contributed by atoms with Crippen molar-refractivity contribution in [1.82, 2.24) is 10.2 Å². The van der Waals surface area contributed by atoms with Gasteiger partial charge in [0.05, 0.1) is 0 Å². The van der Waals surface area contributed by atoms with E-state index in [1.807, 2.05) is 63.2 Å². The molecule has 2 atom stereocenters. The quantitative estimate of drug-likeness (QED) is 0.493. The van der Waals surface area contributed by atoms with Crippen molar-refractivity contribution in [3.8, 4) is 0 Å². The summed E-state index contributed by atoms with van der Waals surface area (Å²) in [6, 6.07) is 15.2. The van der Waals surface area contributed by atoms with Gasteiger partial charge in [0.2, 0.25) is 11.8 Å². The van der Waals surface area contributed by atoms with E-state index >= 15 is 0 Å². The van der Waals surface area contributed by atoms with Crippen LogP contribution in [-0.2, 0) is 16.1 Å². The maximum Gasteiger partial charge on any atom is 0.242 e. The highest BCUT2D eigenvalue weighted by atomic mass is 35.5. The fraction of sp³-hybridized carbons (Fsp3) is 0.417. The molecule has 0 bridgehead atoms. The topological polar surface area (TPSA) is 49.4 Å². The monoisotopic (exact) mass is 446 g/mol. The molecule has 0 saturated heterocycles. The number of hydrogen-bond acceptors (Lipinski definition) is 3. The molecule has 30 heavy (non-hydrogen) atoms. The van der Waals surface area contributed by atoms with Gasteiger partial charge in [-0.1, -0.05) is 48.4 Å². The Morgan fingerprint density at radius 1 is 1.13 bits per heavy atom. The Labute approximate surface area is 189 Å². The highest BCUT2D eigenvalue weighted by Crippen LogP contribution is 2.22. The zero-order valence-electron chi connectivity index (χ0n) is 18.2. The van der Waals surface area contributed by atoms with Crippen molar-refractivity contribution >= 4 is 35.2 Å². The number of aryl methyl sites for hydroxylation is 1. The van der Waals surface area contributed by atoms with E-state index in [1.165, 1.54) is 0 Å². The van der Waals surface area contributed by atoms with Crippen LogP contribution in [0.15, 0.2) is 53.4 Å². The van der Waals surface area contributed by atoms with Crippen LogP contribution in [0.3, 0.4) is 0 Å². The second kappa shape index (κ2) is 12.0. The Bertz CT molecular complexity index is 841. The van der Waals surface area contributed by atoms with Gasteiger partial charge in [0.25, 0.3) is 0 Å². The summed E-state index contributed by atoms with van der Waals surface area (Å²) in [5.41, 5.74) is 2.16. The molecule has 2 aromatic carbocycles. The Morgan fingerprint density at radius 3 is 2.47 bits per heavy atom. The first-order chi connectivity index (χ1) is 14.3. The molecule has 0 aliphatic heterocycles. The molecule has 2 rings (SSSR count). The Hall–Kier alpha value is -1.98. The summed E-state index contributed by atoms with van der Waals surface area (Å²) in [6.45, 7) is 8.25. The lowest BCUT2D eigenvalue weighted by Crippen LogP contribution is -2.49. The summed E-state index contributed by atoms with van der Waals surface area (Å²) in [5.74, 6) is 0.505. The predicted molar refractivity (Wildman–Crippen MR) is 126 cm³/mol. The van der Waals surface area contributed by atoms with Gasteiger partial charge in [-0.05, 0) is 57.0 Å². The molecule has 4 nitrogen and oxygen atoms in total. The van der Waals surface area contributed by atoms with Crippen molar-refractivity contribution in [2.45, 2.75) is 64.1 Å². The summed E-state index contributed by atoms with van der Waals surface area (Å²) >= 11 is 7.54. The SMILES string of the molecule is CC[C@@H](C)NC(=O)[C@H](C)N(Cc1cccc(C)c1)C(=O)CCSc1ccc(Cl)cc1. The van der Waals surface area contributed by atoms with Crippen LogP contribution in [0, 0.1) is 6.92 Å². The molecule has 0 aliphatic rings. The normalized spacial score (nSPS) is 12.8. The average molecular weight is 447 g/mol. The van der Waals surface area contributed by atoms with E-state index in [4.69, 9.17) is 11.6 Å². The molecule has 2 aromatic rings. The van der Waals surface area contributed by atoms with Gasteiger partial charge in [-0.15, -0.1) is 11.8 Å². The highest BCUT2D eigenvalue weighted by Gasteiger charge is 2.26. The second-order valence-electron chi connectivity index (χ2n) is 7.56. The van der Waals surface area contributed by atoms with Gasteiger partial charge in [-0.25, -0.2) is 0 Å². The molecular weight excluding hydrogens is 416 g/mol. The third kappa shape index (κ3) is 7.69. The van der Waals surface area contributed by atoms with E-state index in [1.54, 1.807) is 23.6 Å². The first kappa shape index (κ1) is 24.3. The van der Waals surface area contributed by atoms with Crippen molar-refractivity contribution < 1.29 is 9.59 Å². The fourth-order valence-corrected chi connectivity index (χ4v) is 3.95. The summed E-state index contributed by atoms with van der Waals surface area (Å²) in [6.07, 6.45) is 1.21. The summed E-state index contributed by atoms with van der Waals surface area (Å²) in [5, 5.41) is 3.69. The number of halogens is 1. The lowest BCUT2D eigenvalue weighted by atomic mass is 10.1. The molecular formula is C24H31ClN2O2S. The van der Waals surface area contributed by atoms with Crippen LogP contribution in [0.25, 0.3) is 0 Å². The number of nitrogens with one attached hydrogen (secondary N) is 1. The molecule has 0 aromatic heterocycles. The second-order valence-corrected chi connectivity index (χ2v) is 9.16. The zero-order chi connectivity index (χ0) is 22.1. The fourth-order valence-electron chi connectivity index (χ4n) is 2.99. The van der Waals surface area contributed by atoms with E-state index in [-0.39, 0.29) is 17.9 Å². The van der Waals surface area contributed by atoms with Crippen LogP contribution in [0.1, 0.15) is 44.7 Å². The Morgan fingerprint density at radius 2 is 1.83 bits per heavy atom. The summed E-state index contributed by atoms with van der Waals surface area (Å²) < 4.78 is 0. The molecule has 0 spiro atoms. The van der Waals surface area contributed by atoms with Gasteiger partial charge in [-0.2, -0.15) is 0 Å². The number of hydrogen-bond donors (Lipinski definition) is 1. The summed E-state index contributed by atoms with van der Waals surface area (Å²) in [4.78, 5) is 28.6. The van der Waals surface area contributed by atoms with Crippen molar-refractivity contribution in [1.29, 1.82) is 0 Å². The number of carbonyl (C=O) groups is 2. The van der Waals surface area contributed by atoms with Crippen molar-refractivity contribution in [2.75, 3.05) is 5.75 Å².